The minimum atomic E-state index is -2.33. The summed E-state index contributed by atoms with van der Waals surface area (Å²) in [5, 5.41) is 1.00. The highest BCUT2D eigenvalue weighted by Gasteiger charge is 2.54. The lowest BCUT2D eigenvalue weighted by atomic mass is 9.64. The van der Waals surface area contributed by atoms with Crippen LogP contribution in [0.4, 0.5) is 5.69 Å². The van der Waals surface area contributed by atoms with Crippen LogP contribution in [0.15, 0.2) is 36.7 Å². The lowest BCUT2D eigenvalue weighted by Crippen LogP contribution is -2.43. The fraction of sp³-hybridized carbons (Fsp3) is 0.444. The summed E-state index contributed by atoms with van der Waals surface area (Å²) in [6.07, 6.45) is 7.70. The van der Waals surface area contributed by atoms with Gasteiger partial charge in [0.1, 0.15) is 0 Å². The molecule has 1 amide bonds. The number of likely N-dealkylation sites (N-methyl/N-ethyl adjacent to an activating group) is 1. The van der Waals surface area contributed by atoms with Gasteiger partial charge in [0, 0.05) is 59.7 Å². The van der Waals surface area contributed by atoms with Crippen LogP contribution in [0, 0.1) is 0 Å². The summed E-state index contributed by atoms with van der Waals surface area (Å²) in [5.74, 6) is 0.682. The summed E-state index contributed by atoms with van der Waals surface area (Å²) in [6, 6.07) is 8.13. The van der Waals surface area contributed by atoms with E-state index < -0.39 is 16.7 Å². The molecule has 1 unspecified atom stereocenters. The molecule has 3 heterocycles. The second kappa shape index (κ2) is 10.4. The Kier molecular flexibility index (Phi) is 7.26. The Balaban J connectivity index is 1.50. The predicted octanol–water partition coefficient (Wildman–Crippen LogP) is 2.95. The van der Waals surface area contributed by atoms with E-state index >= 15 is 0 Å². The molecule has 1 aromatic carbocycles. The van der Waals surface area contributed by atoms with E-state index in [1.165, 1.54) is 0 Å². The van der Waals surface area contributed by atoms with Crippen molar-refractivity contribution < 1.29 is 18.3 Å². The fourth-order valence-corrected chi connectivity index (χ4v) is 5.70. The summed E-state index contributed by atoms with van der Waals surface area (Å²) in [5.41, 5.74) is 5.12. The number of amides is 1. The number of hydrogen-bond acceptors (Lipinski definition) is 7. The van der Waals surface area contributed by atoms with Gasteiger partial charge in [-0.25, -0.2) is 9.71 Å². The smallest absolute Gasteiger partial charge is 0.237 e. The molecule has 0 bridgehead atoms. The molecule has 2 aliphatic rings. The molecule has 1 aliphatic heterocycles. The first-order valence-corrected chi connectivity index (χ1v) is 13.7. The quantitative estimate of drug-likeness (QED) is 0.322. The van der Waals surface area contributed by atoms with Gasteiger partial charge in [0.25, 0.3) is 0 Å². The van der Waals surface area contributed by atoms with Gasteiger partial charge in [-0.3, -0.25) is 14.0 Å². The van der Waals surface area contributed by atoms with E-state index in [0.717, 1.165) is 71.1 Å². The predicted molar refractivity (Wildman–Crippen MR) is 143 cm³/mol. The van der Waals surface area contributed by atoms with Crippen molar-refractivity contribution in [3.8, 4) is 17.0 Å². The largest absolute Gasteiger partial charge is 0.760 e. The normalized spacial score (nSPS) is 16.9. The summed E-state index contributed by atoms with van der Waals surface area (Å²) in [7, 11) is 5.87. The van der Waals surface area contributed by atoms with Gasteiger partial charge in [-0.2, -0.15) is 0 Å². The zero-order valence-electron chi connectivity index (χ0n) is 21.5. The lowest BCUT2D eigenvalue weighted by Gasteiger charge is -2.37. The Morgan fingerprint density at radius 2 is 2.00 bits per heavy atom. The van der Waals surface area contributed by atoms with Crippen molar-refractivity contribution in [2.45, 2.75) is 37.5 Å². The Labute approximate surface area is 219 Å². The van der Waals surface area contributed by atoms with Crippen LogP contribution < -0.4 is 14.4 Å². The minimum absolute atomic E-state index is 0.163. The standard InChI is InChI=1S/C27H33N5O4S/c1-31(2)12-5-13-36-25-19(8-11-30-37(34)35)14-20(16-29-25)18-6-7-22-21(15-18)24-23(17-28-22)32(3)26(33)27(24)9-4-10-27/h6-7,14-17,30H,4-5,8-13H2,1-3H3,(H,34,35)/p-1. The van der Waals surface area contributed by atoms with E-state index in [0.29, 0.717) is 18.9 Å². The lowest BCUT2D eigenvalue weighted by molar-refractivity contribution is -0.125. The number of anilines is 1. The summed E-state index contributed by atoms with van der Waals surface area (Å²) >= 11 is -2.33. The van der Waals surface area contributed by atoms with Gasteiger partial charge in [-0.1, -0.05) is 12.5 Å². The molecule has 5 rings (SSSR count). The second-order valence-corrected chi connectivity index (χ2v) is 10.9. The minimum Gasteiger partial charge on any atom is -0.760 e. The number of fused-ring (bicyclic) bond motifs is 4. The molecule has 1 atom stereocenters. The first-order chi connectivity index (χ1) is 17.8. The monoisotopic (exact) mass is 522 g/mol. The van der Waals surface area contributed by atoms with Crippen molar-refractivity contribution in [1.29, 1.82) is 0 Å². The van der Waals surface area contributed by atoms with Crippen molar-refractivity contribution in [2.24, 2.45) is 0 Å². The Bertz CT molecular complexity index is 1360. The molecular weight excluding hydrogens is 490 g/mol. The number of rotatable bonds is 10. The average Bonchev–Trinajstić information content (AvgIpc) is 3.09. The van der Waals surface area contributed by atoms with E-state index in [2.05, 4.69) is 25.7 Å². The molecule has 196 valence electrons. The van der Waals surface area contributed by atoms with Gasteiger partial charge >= 0.3 is 0 Å². The van der Waals surface area contributed by atoms with Crippen LogP contribution in [0.25, 0.3) is 22.0 Å². The molecule has 3 aromatic rings. The molecule has 1 N–H and O–H groups in total. The molecule has 37 heavy (non-hydrogen) atoms. The van der Waals surface area contributed by atoms with Gasteiger partial charge in [0.05, 0.1) is 29.4 Å². The molecule has 0 saturated heterocycles. The van der Waals surface area contributed by atoms with Crippen molar-refractivity contribution >= 4 is 33.8 Å². The van der Waals surface area contributed by atoms with Gasteiger partial charge in [-0.15, -0.1) is 0 Å². The highest BCUT2D eigenvalue weighted by molar-refractivity contribution is 7.77. The van der Waals surface area contributed by atoms with Crippen LogP contribution in [-0.2, 0) is 27.9 Å². The summed E-state index contributed by atoms with van der Waals surface area (Å²) in [4.78, 5) is 26.3. The first-order valence-electron chi connectivity index (χ1n) is 12.6. The SMILES string of the molecule is CN(C)CCCOc1ncc(-c2ccc3ncc4c(c3c2)C2(CCC2)C(=O)N4C)cc1CCNS(=O)[O-]. The number of nitrogens with one attached hydrogen (secondary N) is 1. The third-order valence-corrected chi connectivity index (χ3v) is 7.91. The number of benzene rings is 1. The van der Waals surface area contributed by atoms with E-state index in [-0.39, 0.29) is 12.5 Å². The second-order valence-electron chi connectivity index (χ2n) is 10.1. The van der Waals surface area contributed by atoms with Crippen LogP contribution >= 0.6 is 0 Å². The molecule has 1 saturated carbocycles. The Hall–Kier alpha value is -2.92. The molecule has 1 fully saturated rings. The third-order valence-electron chi connectivity index (χ3n) is 7.47. The molecule has 9 nitrogen and oxygen atoms in total. The average molecular weight is 523 g/mol. The topological polar surface area (TPSA) is 111 Å². The highest BCUT2D eigenvalue weighted by atomic mass is 32.2. The van der Waals surface area contributed by atoms with Gasteiger partial charge in [-0.05, 0) is 63.5 Å². The molecule has 1 spiro atoms. The Morgan fingerprint density at radius 3 is 2.70 bits per heavy atom. The molecule has 1 aliphatic carbocycles. The van der Waals surface area contributed by atoms with Crippen LogP contribution in [0.3, 0.4) is 0 Å². The number of carbonyl (C=O) groups is 1. The van der Waals surface area contributed by atoms with E-state index in [1.54, 1.807) is 11.1 Å². The molecular formula is C27H32N5O4S-. The maximum atomic E-state index is 13.2. The van der Waals surface area contributed by atoms with Crippen molar-refractivity contribution in [3.05, 3.63) is 47.8 Å². The number of pyridine rings is 2. The van der Waals surface area contributed by atoms with Crippen LogP contribution in [-0.4, -0.2) is 70.4 Å². The molecule has 2 aromatic heterocycles. The van der Waals surface area contributed by atoms with Crippen LogP contribution in [0.2, 0.25) is 0 Å². The van der Waals surface area contributed by atoms with Crippen molar-refractivity contribution in [3.63, 3.8) is 0 Å². The third kappa shape index (κ3) is 4.86. The van der Waals surface area contributed by atoms with E-state index in [9.17, 15) is 13.6 Å². The van der Waals surface area contributed by atoms with E-state index in [1.807, 2.05) is 45.5 Å². The zero-order chi connectivity index (χ0) is 26.2. The van der Waals surface area contributed by atoms with Gasteiger partial charge in [0.2, 0.25) is 11.8 Å². The first kappa shape index (κ1) is 25.7. The number of aromatic nitrogens is 2. The number of nitrogens with zero attached hydrogens (tertiary/aromatic N) is 4. The summed E-state index contributed by atoms with van der Waals surface area (Å²) in [6.45, 7) is 1.68. The summed E-state index contributed by atoms with van der Waals surface area (Å²) < 4.78 is 30.4. The van der Waals surface area contributed by atoms with E-state index in [4.69, 9.17) is 4.74 Å². The van der Waals surface area contributed by atoms with Crippen molar-refractivity contribution in [1.82, 2.24) is 19.6 Å². The van der Waals surface area contributed by atoms with Gasteiger partial charge < -0.3 is 19.1 Å². The number of hydrogen-bond donors (Lipinski definition) is 1. The van der Waals surface area contributed by atoms with Gasteiger partial charge in [0.15, 0.2) is 0 Å². The maximum absolute atomic E-state index is 13.2. The Morgan fingerprint density at radius 1 is 1.19 bits per heavy atom. The molecule has 0 radical (unpaired) electrons. The maximum Gasteiger partial charge on any atom is 0.237 e. The van der Waals surface area contributed by atoms with Crippen LogP contribution in [0.5, 0.6) is 5.88 Å². The van der Waals surface area contributed by atoms with Crippen molar-refractivity contribution in [2.75, 3.05) is 45.7 Å². The highest BCUT2D eigenvalue weighted by Crippen LogP contribution is 2.55. The fourth-order valence-electron chi connectivity index (χ4n) is 5.43. The number of carbonyl (C=O) groups excluding carboxylic acids is 1. The zero-order valence-corrected chi connectivity index (χ0v) is 22.3. The number of ether oxygens (including phenoxy) is 1. The van der Waals surface area contributed by atoms with Crippen LogP contribution in [0.1, 0.15) is 36.8 Å². The molecule has 10 heteroatoms.